The van der Waals surface area contributed by atoms with E-state index in [0.717, 1.165) is 12.1 Å². The minimum atomic E-state index is 0.627. The summed E-state index contributed by atoms with van der Waals surface area (Å²) < 4.78 is 0. The highest BCUT2D eigenvalue weighted by molar-refractivity contribution is 4.95. The molecule has 3 aliphatic heterocycles. The molecule has 1 N–H and O–H groups in total. The van der Waals surface area contributed by atoms with Gasteiger partial charge < -0.3 is 10.2 Å². The van der Waals surface area contributed by atoms with E-state index < -0.39 is 0 Å². The molecule has 3 aliphatic rings. The van der Waals surface area contributed by atoms with Crippen LogP contribution >= 0.6 is 0 Å². The third-order valence-corrected chi connectivity index (χ3v) is 6.09. The van der Waals surface area contributed by atoms with E-state index in [9.17, 15) is 0 Å². The standard InChI is InChI=1S/C18H36N4/c1-14(2)22-11-15(3)19-16(12-22)9-17-10-18(13-20(17)4)21-7-5-6-8-21/h14-19H,5-13H2,1-4H3/t15-,16-,17?,18-/m0/s1. The lowest BCUT2D eigenvalue weighted by atomic mass is 9.99. The monoisotopic (exact) mass is 308 g/mol. The number of likely N-dealkylation sites (N-methyl/N-ethyl adjacent to an activating group) is 1. The Morgan fingerprint density at radius 3 is 2.50 bits per heavy atom. The first-order valence-electron chi connectivity index (χ1n) is 9.47. The number of hydrogen-bond donors (Lipinski definition) is 1. The Hall–Kier alpha value is -0.160. The normalized spacial score (nSPS) is 39.1. The molecule has 4 nitrogen and oxygen atoms in total. The molecule has 3 saturated heterocycles. The highest BCUT2D eigenvalue weighted by Crippen LogP contribution is 2.27. The predicted molar refractivity (Wildman–Crippen MR) is 93.3 cm³/mol. The van der Waals surface area contributed by atoms with Crippen molar-refractivity contribution in [2.75, 3.05) is 39.8 Å². The van der Waals surface area contributed by atoms with E-state index in [2.05, 4.69) is 47.8 Å². The molecule has 0 aromatic heterocycles. The number of rotatable bonds is 4. The van der Waals surface area contributed by atoms with Gasteiger partial charge in [0.05, 0.1) is 0 Å². The number of piperazine rings is 1. The average molecular weight is 309 g/mol. The van der Waals surface area contributed by atoms with Crippen molar-refractivity contribution in [2.45, 2.75) is 76.7 Å². The fraction of sp³-hybridized carbons (Fsp3) is 1.00. The fourth-order valence-corrected chi connectivity index (χ4v) is 4.81. The van der Waals surface area contributed by atoms with Crippen molar-refractivity contribution in [1.82, 2.24) is 20.0 Å². The quantitative estimate of drug-likeness (QED) is 0.852. The maximum absolute atomic E-state index is 3.85. The minimum absolute atomic E-state index is 0.627. The summed E-state index contributed by atoms with van der Waals surface area (Å²) in [4.78, 5) is 8.02. The van der Waals surface area contributed by atoms with Crippen molar-refractivity contribution in [3.63, 3.8) is 0 Å². The van der Waals surface area contributed by atoms with Gasteiger partial charge in [0.1, 0.15) is 0 Å². The van der Waals surface area contributed by atoms with Crippen LogP contribution in [0.25, 0.3) is 0 Å². The Morgan fingerprint density at radius 1 is 1.09 bits per heavy atom. The van der Waals surface area contributed by atoms with Crippen LogP contribution in [0.3, 0.4) is 0 Å². The lowest BCUT2D eigenvalue weighted by molar-refractivity contribution is 0.118. The second-order valence-electron chi connectivity index (χ2n) is 8.27. The second-order valence-corrected chi connectivity index (χ2v) is 8.27. The summed E-state index contributed by atoms with van der Waals surface area (Å²) >= 11 is 0. The Balaban J connectivity index is 1.53. The van der Waals surface area contributed by atoms with Crippen LogP contribution in [0.1, 0.15) is 46.5 Å². The topological polar surface area (TPSA) is 21.8 Å². The zero-order valence-corrected chi connectivity index (χ0v) is 15.1. The molecule has 0 saturated carbocycles. The highest BCUT2D eigenvalue weighted by Gasteiger charge is 2.36. The molecule has 0 bridgehead atoms. The number of hydrogen-bond acceptors (Lipinski definition) is 4. The predicted octanol–water partition coefficient (Wildman–Crippen LogP) is 1.62. The summed E-state index contributed by atoms with van der Waals surface area (Å²) in [6.07, 6.45) is 5.52. The molecule has 4 heteroatoms. The molecule has 0 aromatic carbocycles. The van der Waals surface area contributed by atoms with Crippen LogP contribution in [0, 0.1) is 0 Å². The van der Waals surface area contributed by atoms with E-state index in [0.29, 0.717) is 18.1 Å². The van der Waals surface area contributed by atoms with Crippen LogP contribution in [0.5, 0.6) is 0 Å². The van der Waals surface area contributed by atoms with E-state index >= 15 is 0 Å². The fourth-order valence-electron chi connectivity index (χ4n) is 4.81. The maximum atomic E-state index is 3.85. The molecule has 0 amide bonds. The summed E-state index contributed by atoms with van der Waals surface area (Å²) in [7, 11) is 2.34. The van der Waals surface area contributed by atoms with Crippen molar-refractivity contribution in [3.05, 3.63) is 0 Å². The van der Waals surface area contributed by atoms with Crippen molar-refractivity contribution in [1.29, 1.82) is 0 Å². The molecule has 3 heterocycles. The molecule has 0 spiro atoms. The van der Waals surface area contributed by atoms with Gasteiger partial charge in [0.2, 0.25) is 0 Å². The largest absolute Gasteiger partial charge is 0.309 e. The zero-order valence-electron chi connectivity index (χ0n) is 15.1. The van der Waals surface area contributed by atoms with Crippen LogP contribution in [-0.4, -0.2) is 84.7 Å². The van der Waals surface area contributed by atoms with Gasteiger partial charge in [0.25, 0.3) is 0 Å². The van der Waals surface area contributed by atoms with E-state index in [4.69, 9.17) is 0 Å². The third-order valence-electron chi connectivity index (χ3n) is 6.09. The lowest BCUT2D eigenvalue weighted by Crippen LogP contribution is -2.58. The SMILES string of the molecule is CC(C)N1C[C@H](CC2C[C@H](N3CCCC3)CN2C)N[C@@H](C)C1. The summed E-state index contributed by atoms with van der Waals surface area (Å²) in [5.74, 6) is 0. The van der Waals surface area contributed by atoms with Crippen LogP contribution < -0.4 is 5.32 Å². The van der Waals surface area contributed by atoms with Gasteiger partial charge in [-0.1, -0.05) is 0 Å². The molecule has 3 fully saturated rings. The van der Waals surface area contributed by atoms with E-state index in [1.165, 1.54) is 58.4 Å². The Bertz CT molecular complexity index is 353. The van der Waals surface area contributed by atoms with Crippen LogP contribution in [0.15, 0.2) is 0 Å². The van der Waals surface area contributed by atoms with Gasteiger partial charge in [0, 0.05) is 49.8 Å². The molecule has 128 valence electrons. The Morgan fingerprint density at radius 2 is 1.82 bits per heavy atom. The first-order valence-corrected chi connectivity index (χ1v) is 9.47. The van der Waals surface area contributed by atoms with Crippen LogP contribution in [-0.2, 0) is 0 Å². The third kappa shape index (κ3) is 3.84. The summed E-state index contributed by atoms with van der Waals surface area (Å²) in [6.45, 7) is 13.4. The summed E-state index contributed by atoms with van der Waals surface area (Å²) in [6, 6.07) is 3.55. The number of nitrogens with zero attached hydrogens (tertiary/aromatic N) is 3. The van der Waals surface area contributed by atoms with Gasteiger partial charge in [-0.15, -0.1) is 0 Å². The minimum Gasteiger partial charge on any atom is -0.309 e. The molecule has 4 atom stereocenters. The molecule has 0 aliphatic carbocycles. The summed E-state index contributed by atoms with van der Waals surface area (Å²) in [5, 5.41) is 3.85. The van der Waals surface area contributed by atoms with Crippen LogP contribution in [0.4, 0.5) is 0 Å². The van der Waals surface area contributed by atoms with Gasteiger partial charge >= 0.3 is 0 Å². The van der Waals surface area contributed by atoms with Gasteiger partial charge in [-0.3, -0.25) is 9.80 Å². The first-order chi connectivity index (χ1) is 10.5. The van der Waals surface area contributed by atoms with E-state index in [-0.39, 0.29) is 0 Å². The molecule has 1 unspecified atom stereocenters. The average Bonchev–Trinajstić information content (AvgIpc) is 3.08. The van der Waals surface area contributed by atoms with Crippen molar-refractivity contribution in [2.24, 2.45) is 0 Å². The molecule has 22 heavy (non-hydrogen) atoms. The Labute approximate surface area is 137 Å². The molecular formula is C18H36N4. The van der Waals surface area contributed by atoms with Crippen molar-refractivity contribution >= 4 is 0 Å². The van der Waals surface area contributed by atoms with E-state index in [1.807, 2.05) is 0 Å². The molecule has 3 rings (SSSR count). The lowest BCUT2D eigenvalue weighted by Gasteiger charge is -2.41. The van der Waals surface area contributed by atoms with Crippen LogP contribution in [0.2, 0.25) is 0 Å². The molecule has 0 aromatic rings. The Kier molecular flexibility index (Phi) is 5.43. The second kappa shape index (κ2) is 7.16. The van der Waals surface area contributed by atoms with Crippen molar-refractivity contribution in [3.8, 4) is 0 Å². The maximum Gasteiger partial charge on any atom is 0.0238 e. The van der Waals surface area contributed by atoms with Gasteiger partial charge in [-0.05, 0) is 66.6 Å². The van der Waals surface area contributed by atoms with Crippen molar-refractivity contribution < 1.29 is 0 Å². The summed E-state index contributed by atoms with van der Waals surface area (Å²) in [5.41, 5.74) is 0. The molecule has 0 radical (unpaired) electrons. The van der Waals surface area contributed by atoms with Gasteiger partial charge in [-0.25, -0.2) is 0 Å². The number of nitrogens with one attached hydrogen (secondary N) is 1. The van der Waals surface area contributed by atoms with E-state index in [1.54, 1.807) is 0 Å². The number of likely N-dealkylation sites (tertiary alicyclic amines) is 2. The molecular weight excluding hydrogens is 272 g/mol. The smallest absolute Gasteiger partial charge is 0.0238 e. The van der Waals surface area contributed by atoms with Gasteiger partial charge in [0.15, 0.2) is 0 Å². The first kappa shape index (κ1) is 16.7. The highest BCUT2D eigenvalue weighted by atomic mass is 15.3. The van der Waals surface area contributed by atoms with Gasteiger partial charge in [-0.2, -0.15) is 0 Å². The zero-order chi connectivity index (χ0) is 15.7.